The van der Waals surface area contributed by atoms with Crippen molar-refractivity contribution in [2.24, 2.45) is 5.92 Å². The maximum Gasteiger partial charge on any atom is 0.416 e. The highest BCUT2D eigenvalue weighted by molar-refractivity contribution is 5.29. The Balaban J connectivity index is 2.35. The molecule has 1 aliphatic rings. The molecule has 88 valence electrons. The first-order valence-corrected chi connectivity index (χ1v) is 4.87. The van der Waals surface area contributed by atoms with E-state index in [1.165, 1.54) is 0 Å². The van der Waals surface area contributed by atoms with Crippen LogP contribution < -0.4 is 0 Å². The second-order valence-corrected chi connectivity index (χ2v) is 3.98. The number of hydrogen-bond acceptors (Lipinski definition) is 0. The summed E-state index contributed by atoms with van der Waals surface area (Å²) in [6.45, 7) is 0. The molecular formula is C11H9F5. The van der Waals surface area contributed by atoms with Crippen molar-refractivity contribution < 1.29 is 22.0 Å². The van der Waals surface area contributed by atoms with Gasteiger partial charge < -0.3 is 0 Å². The second kappa shape index (κ2) is 3.43. The number of benzene rings is 1. The molecule has 1 aromatic carbocycles. The zero-order chi connectivity index (χ0) is 12.0. The Kier molecular flexibility index (Phi) is 2.44. The molecule has 2 rings (SSSR count). The van der Waals surface area contributed by atoms with Gasteiger partial charge in [-0.2, -0.15) is 13.2 Å². The predicted octanol–water partition coefficient (Wildman–Crippen LogP) is 4.21. The number of alkyl halides is 5. The molecule has 0 N–H and O–H groups in total. The summed E-state index contributed by atoms with van der Waals surface area (Å²) in [6.07, 6.45) is -3.82. The fourth-order valence-corrected chi connectivity index (χ4v) is 1.58. The van der Waals surface area contributed by atoms with Crippen LogP contribution in [0, 0.1) is 5.92 Å². The normalized spacial score (nSPS) is 17.6. The zero-order valence-corrected chi connectivity index (χ0v) is 8.19. The van der Waals surface area contributed by atoms with Gasteiger partial charge >= 0.3 is 6.18 Å². The van der Waals surface area contributed by atoms with E-state index in [-0.39, 0.29) is 0 Å². The van der Waals surface area contributed by atoms with Crippen molar-refractivity contribution >= 4 is 0 Å². The van der Waals surface area contributed by atoms with E-state index in [9.17, 15) is 22.0 Å². The Morgan fingerprint density at radius 1 is 0.938 bits per heavy atom. The lowest BCUT2D eigenvalue weighted by Crippen LogP contribution is -2.17. The Bertz CT molecular complexity index is 390. The summed E-state index contributed by atoms with van der Waals surface area (Å²) in [5.41, 5.74) is -1.56. The first-order valence-electron chi connectivity index (χ1n) is 4.87. The summed E-state index contributed by atoms with van der Waals surface area (Å²) >= 11 is 0. The van der Waals surface area contributed by atoms with Crippen LogP contribution in [0.3, 0.4) is 0 Å². The highest BCUT2D eigenvalue weighted by atomic mass is 19.4. The SMILES string of the molecule is FC(F)(F)c1cccc(C(F)(F)C2CC2)c1. The van der Waals surface area contributed by atoms with Gasteiger partial charge in [0.25, 0.3) is 5.92 Å². The maximum absolute atomic E-state index is 13.5. The Hall–Kier alpha value is -1.13. The van der Waals surface area contributed by atoms with Gasteiger partial charge in [0, 0.05) is 11.5 Å². The summed E-state index contributed by atoms with van der Waals surface area (Å²) in [4.78, 5) is 0. The molecule has 0 unspecified atom stereocenters. The van der Waals surface area contributed by atoms with Crippen molar-refractivity contribution in [3.05, 3.63) is 35.4 Å². The van der Waals surface area contributed by atoms with Gasteiger partial charge in [0.2, 0.25) is 0 Å². The molecule has 0 aliphatic heterocycles. The fraction of sp³-hybridized carbons (Fsp3) is 0.455. The van der Waals surface area contributed by atoms with E-state index >= 15 is 0 Å². The second-order valence-electron chi connectivity index (χ2n) is 3.98. The van der Waals surface area contributed by atoms with Gasteiger partial charge in [-0.15, -0.1) is 0 Å². The molecular weight excluding hydrogens is 227 g/mol. The first-order chi connectivity index (χ1) is 7.32. The quantitative estimate of drug-likeness (QED) is 0.675. The Morgan fingerprint density at radius 2 is 1.50 bits per heavy atom. The summed E-state index contributed by atoms with van der Waals surface area (Å²) in [5.74, 6) is -3.93. The van der Waals surface area contributed by atoms with Crippen molar-refractivity contribution in [1.29, 1.82) is 0 Å². The van der Waals surface area contributed by atoms with Crippen LogP contribution >= 0.6 is 0 Å². The lowest BCUT2D eigenvalue weighted by Gasteiger charge is -2.17. The molecule has 1 aromatic rings. The largest absolute Gasteiger partial charge is 0.416 e. The lowest BCUT2D eigenvalue weighted by molar-refractivity contribution is -0.137. The molecule has 0 saturated heterocycles. The summed E-state index contributed by atoms with van der Waals surface area (Å²) < 4.78 is 64.1. The minimum absolute atomic E-state index is 0.378. The van der Waals surface area contributed by atoms with E-state index in [0.717, 1.165) is 18.2 Å². The number of rotatable bonds is 2. The van der Waals surface area contributed by atoms with Gasteiger partial charge in [-0.3, -0.25) is 0 Å². The van der Waals surface area contributed by atoms with Crippen LogP contribution in [-0.4, -0.2) is 0 Å². The average Bonchev–Trinajstić information content (AvgIpc) is 3.00. The summed E-state index contributed by atoms with van der Waals surface area (Å²) in [5, 5.41) is 0. The topological polar surface area (TPSA) is 0 Å². The van der Waals surface area contributed by atoms with Crippen LogP contribution in [0.5, 0.6) is 0 Å². The van der Waals surface area contributed by atoms with E-state index in [4.69, 9.17) is 0 Å². The molecule has 1 fully saturated rings. The predicted molar refractivity (Wildman–Crippen MR) is 48.1 cm³/mol. The van der Waals surface area contributed by atoms with E-state index in [0.29, 0.717) is 18.9 Å². The molecule has 5 heteroatoms. The van der Waals surface area contributed by atoms with Gasteiger partial charge in [0.05, 0.1) is 5.56 Å². The van der Waals surface area contributed by atoms with Crippen molar-refractivity contribution in [1.82, 2.24) is 0 Å². The summed E-state index contributed by atoms with van der Waals surface area (Å²) in [7, 11) is 0. The fourth-order valence-electron chi connectivity index (χ4n) is 1.58. The summed E-state index contributed by atoms with van der Waals surface area (Å²) in [6, 6.07) is 3.41. The Morgan fingerprint density at radius 3 is 2.00 bits per heavy atom. The first kappa shape index (κ1) is 11.4. The molecule has 0 radical (unpaired) electrons. The monoisotopic (exact) mass is 236 g/mol. The molecule has 1 aliphatic carbocycles. The van der Waals surface area contributed by atoms with Gasteiger partial charge in [0.15, 0.2) is 0 Å². The third kappa shape index (κ3) is 2.03. The van der Waals surface area contributed by atoms with E-state index in [1.54, 1.807) is 0 Å². The van der Waals surface area contributed by atoms with Gasteiger partial charge in [-0.1, -0.05) is 12.1 Å². The average molecular weight is 236 g/mol. The van der Waals surface area contributed by atoms with Crippen LogP contribution in [0.4, 0.5) is 22.0 Å². The highest BCUT2D eigenvalue weighted by Crippen LogP contribution is 2.50. The van der Waals surface area contributed by atoms with Crippen LogP contribution in [-0.2, 0) is 12.1 Å². The minimum Gasteiger partial charge on any atom is -0.201 e. The van der Waals surface area contributed by atoms with Crippen molar-refractivity contribution in [3.63, 3.8) is 0 Å². The maximum atomic E-state index is 13.5. The highest BCUT2D eigenvalue weighted by Gasteiger charge is 2.48. The standard InChI is InChI=1S/C11H9F5/c12-10(13,7-4-5-7)8-2-1-3-9(6-8)11(14,15)16/h1-3,6-7H,4-5H2. The van der Waals surface area contributed by atoms with Gasteiger partial charge in [-0.05, 0) is 25.0 Å². The van der Waals surface area contributed by atoms with Crippen LogP contribution in [0.1, 0.15) is 24.0 Å². The molecule has 0 atom stereocenters. The third-order valence-corrected chi connectivity index (χ3v) is 2.66. The molecule has 0 aromatic heterocycles. The molecule has 0 nitrogen and oxygen atoms in total. The lowest BCUT2D eigenvalue weighted by atomic mass is 10.0. The van der Waals surface area contributed by atoms with E-state index < -0.39 is 29.1 Å². The molecule has 0 amide bonds. The molecule has 0 bridgehead atoms. The van der Waals surface area contributed by atoms with Crippen LogP contribution in [0.2, 0.25) is 0 Å². The molecule has 16 heavy (non-hydrogen) atoms. The molecule has 1 saturated carbocycles. The number of halogens is 5. The van der Waals surface area contributed by atoms with E-state index in [2.05, 4.69) is 0 Å². The smallest absolute Gasteiger partial charge is 0.201 e. The van der Waals surface area contributed by atoms with Crippen LogP contribution in [0.15, 0.2) is 24.3 Å². The van der Waals surface area contributed by atoms with Crippen molar-refractivity contribution in [3.8, 4) is 0 Å². The van der Waals surface area contributed by atoms with Crippen LogP contribution in [0.25, 0.3) is 0 Å². The number of hydrogen-bond donors (Lipinski definition) is 0. The van der Waals surface area contributed by atoms with Gasteiger partial charge in [-0.25, -0.2) is 8.78 Å². The zero-order valence-electron chi connectivity index (χ0n) is 8.19. The molecule has 0 spiro atoms. The Labute approximate surface area is 89.1 Å². The van der Waals surface area contributed by atoms with E-state index in [1.807, 2.05) is 0 Å². The van der Waals surface area contributed by atoms with Gasteiger partial charge in [0.1, 0.15) is 0 Å². The van der Waals surface area contributed by atoms with Crippen molar-refractivity contribution in [2.45, 2.75) is 24.9 Å². The minimum atomic E-state index is -4.57. The third-order valence-electron chi connectivity index (χ3n) is 2.66. The van der Waals surface area contributed by atoms with Crippen molar-refractivity contribution in [2.75, 3.05) is 0 Å². The molecule has 0 heterocycles.